The number of fused-ring (bicyclic) bond motifs is 1. The molecule has 2 heterocycles. The standard InChI is InChI=1S/C14H10ClN3O3S/c1-7(19)16-12-5-4-10(21-12)13(20)18-14-17-9-3-2-8(15)6-11(9)22-14/h2-6H,1H3,(H,16,19)(H,17,18,20). The quantitative estimate of drug-likeness (QED) is 0.763. The minimum atomic E-state index is -0.443. The number of nitrogens with zero attached hydrogens (tertiary/aromatic N) is 1. The van der Waals surface area contributed by atoms with E-state index in [2.05, 4.69) is 15.6 Å². The van der Waals surface area contributed by atoms with Gasteiger partial charge >= 0.3 is 0 Å². The second-order valence-corrected chi connectivity index (χ2v) is 5.90. The van der Waals surface area contributed by atoms with Crippen molar-refractivity contribution in [3.63, 3.8) is 0 Å². The lowest BCUT2D eigenvalue weighted by Crippen LogP contribution is -2.10. The zero-order chi connectivity index (χ0) is 15.7. The third-order valence-corrected chi connectivity index (χ3v) is 3.87. The maximum Gasteiger partial charge on any atom is 0.293 e. The van der Waals surface area contributed by atoms with Crippen molar-refractivity contribution < 1.29 is 14.0 Å². The summed E-state index contributed by atoms with van der Waals surface area (Å²) in [5.41, 5.74) is 0.753. The minimum absolute atomic E-state index is 0.0843. The molecule has 6 nitrogen and oxygen atoms in total. The van der Waals surface area contributed by atoms with Crippen molar-refractivity contribution in [3.8, 4) is 0 Å². The number of thiazole rings is 1. The topological polar surface area (TPSA) is 84.2 Å². The van der Waals surface area contributed by atoms with E-state index in [4.69, 9.17) is 16.0 Å². The van der Waals surface area contributed by atoms with E-state index >= 15 is 0 Å². The molecule has 0 bridgehead atoms. The van der Waals surface area contributed by atoms with Crippen molar-refractivity contribution in [1.82, 2.24) is 4.98 Å². The van der Waals surface area contributed by atoms with Gasteiger partial charge in [-0.3, -0.25) is 20.2 Å². The number of carbonyl (C=O) groups is 2. The summed E-state index contributed by atoms with van der Waals surface area (Å²) in [6, 6.07) is 8.29. The number of furan rings is 1. The molecular formula is C14H10ClN3O3S. The van der Waals surface area contributed by atoms with E-state index in [0.717, 1.165) is 10.2 Å². The fourth-order valence-corrected chi connectivity index (χ4v) is 2.95. The Bertz CT molecular complexity index is 871. The van der Waals surface area contributed by atoms with Crippen molar-refractivity contribution in [2.75, 3.05) is 10.6 Å². The summed E-state index contributed by atoms with van der Waals surface area (Å²) in [7, 11) is 0. The highest BCUT2D eigenvalue weighted by molar-refractivity contribution is 7.22. The molecule has 0 atom stereocenters. The Labute approximate surface area is 134 Å². The SMILES string of the molecule is CC(=O)Nc1ccc(C(=O)Nc2nc3ccc(Cl)cc3s2)o1. The Morgan fingerprint density at radius 2 is 2.05 bits per heavy atom. The Hall–Kier alpha value is -2.38. The van der Waals surface area contributed by atoms with Crippen LogP contribution in [0.2, 0.25) is 5.02 Å². The Morgan fingerprint density at radius 1 is 1.23 bits per heavy atom. The summed E-state index contributed by atoms with van der Waals surface area (Å²) in [6.07, 6.45) is 0. The predicted molar refractivity (Wildman–Crippen MR) is 85.6 cm³/mol. The molecule has 2 aromatic heterocycles. The summed E-state index contributed by atoms with van der Waals surface area (Å²) in [5.74, 6) is -0.416. The lowest BCUT2D eigenvalue weighted by Gasteiger charge is -1.98. The number of benzene rings is 1. The van der Waals surface area contributed by atoms with E-state index in [1.807, 2.05) is 0 Å². The number of anilines is 2. The van der Waals surface area contributed by atoms with E-state index in [1.165, 1.54) is 30.4 Å². The van der Waals surface area contributed by atoms with Crippen LogP contribution >= 0.6 is 22.9 Å². The van der Waals surface area contributed by atoms with Gasteiger partial charge < -0.3 is 4.42 Å². The average Bonchev–Trinajstić information content (AvgIpc) is 3.03. The summed E-state index contributed by atoms with van der Waals surface area (Å²) in [4.78, 5) is 27.3. The van der Waals surface area contributed by atoms with Crippen molar-refractivity contribution >= 4 is 56.0 Å². The van der Waals surface area contributed by atoms with Gasteiger partial charge in [-0.05, 0) is 24.3 Å². The van der Waals surface area contributed by atoms with Crippen LogP contribution in [0.1, 0.15) is 17.5 Å². The van der Waals surface area contributed by atoms with E-state index in [-0.39, 0.29) is 17.6 Å². The highest BCUT2D eigenvalue weighted by Crippen LogP contribution is 2.28. The first-order chi connectivity index (χ1) is 10.5. The lowest BCUT2D eigenvalue weighted by molar-refractivity contribution is -0.114. The van der Waals surface area contributed by atoms with Gasteiger partial charge in [0.2, 0.25) is 5.91 Å². The lowest BCUT2D eigenvalue weighted by atomic mass is 10.3. The van der Waals surface area contributed by atoms with E-state index in [1.54, 1.807) is 18.2 Å². The highest BCUT2D eigenvalue weighted by atomic mass is 35.5. The van der Waals surface area contributed by atoms with Crippen LogP contribution < -0.4 is 10.6 Å². The summed E-state index contributed by atoms with van der Waals surface area (Å²) < 4.78 is 6.11. The number of rotatable bonds is 3. The third-order valence-electron chi connectivity index (χ3n) is 2.70. The van der Waals surface area contributed by atoms with E-state index in [9.17, 15) is 9.59 Å². The minimum Gasteiger partial charge on any atom is -0.435 e. The van der Waals surface area contributed by atoms with Gasteiger partial charge in [0.05, 0.1) is 10.2 Å². The summed E-state index contributed by atoms with van der Waals surface area (Å²) >= 11 is 7.23. The molecule has 0 spiro atoms. The Morgan fingerprint density at radius 3 is 2.82 bits per heavy atom. The third kappa shape index (κ3) is 3.10. The number of hydrogen-bond acceptors (Lipinski definition) is 5. The molecule has 0 aliphatic rings. The second kappa shape index (κ2) is 5.78. The number of hydrogen-bond donors (Lipinski definition) is 2. The molecule has 0 fully saturated rings. The molecule has 0 radical (unpaired) electrons. The van der Waals surface area contributed by atoms with Crippen LogP contribution in [0.3, 0.4) is 0 Å². The van der Waals surface area contributed by atoms with Crippen LogP contribution in [0.25, 0.3) is 10.2 Å². The number of amides is 2. The van der Waals surface area contributed by atoms with Crippen molar-refractivity contribution in [2.45, 2.75) is 6.92 Å². The number of halogens is 1. The van der Waals surface area contributed by atoms with Crippen LogP contribution in [0, 0.1) is 0 Å². The van der Waals surface area contributed by atoms with Crippen LogP contribution in [-0.4, -0.2) is 16.8 Å². The molecule has 0 aliphatic heterocycles. The molecule has 1 aromatic carbocycles. The first-order valence-electron chi connectivity index (χ1n) is 6.26. The Balaban J connectivity index is 1.77. The van der Waals surface area contributed by atoms with Crippen molar-refractivity contribution in [1.29, 1.82) is 0 Å². The average molecular weight is 336 g/mol. The zero-order valence-electron chi connectivity index (χ0n) is 11.3. The zero-order valence-corrected chi connectivity index (χ0v) is 12.9. The van der Waals surface area contributed by atoms with Crippen LogP contribution in [0.15, 0.2) is 34.7 Å². The molecule has 112 valence electrons. The molecule has 0 saturated heterocycles. The molecule has 3 rings (SSSR count). The fraction of sp³-hybridized carbons (Fsp3) is 0.0714. The van der Waals surface area contributed by atoms with E-state index in [0.29, 0.717) is 10.2 Å². The van der Waals surface area contributed by atoms with Gasteiger partial charge in [-0.1, -0.05) is 22.9 Å². The maximum atomic E-state index is 12.1. The van der Waals surface area contributed by atoms with Gasteiger partial charge in [0.25, 0.3) is 5.91 Å². The van der Waals surface area contributed by atoms with Gasteiger partial charge in [-0.15, -0.1) is 0 Å². The molecule has 0 saturated carbocycles. The number of nitrogens with one attached hydrogen (secondary N) is 2. The van der Waals surface area contributed by atoms with Gasteiger partial charge in [0, 0.05) is 18.0 Å². The molecule has 0 aliphatic carbocycles. The predicted octanol–water partition coefficient (Wildman–Crippen LogP) is 3.75. The fourth-order valence-electron chi connectivity index (χ4n) is 1.81. The monoisotopic (exact) mass is 335 g/mol. The maximum absolute atomic E-state index is 12.1. The van der Waals surface area contributed by atoms with Gasteiger partial charge in [-0.25, -0.2) is 4.98 Å². The van der Waals surface area contributed by atoms with Crippen LogP contribution in [-0.2, 0) is 4.79 Å². The molecule has 2 amide bonds. The molecule has 22 heavy (non-hydrogen) atoms. The van der Waals surface area contributed by atoms with Gasteiger partial charge in [0.1, 0.15) is 0 Å². The van der Waals surface area contributed by atoms with Crippen LogP contribution in [0.5, 0.6) is 0 Å². The largest absolute Gasteiger partial charge is 0.435 e. The van der Waals surface area contributed by atoms with Crippen LogP contribution in [0.4, 0.5) is 11.0 Å². The second-order valence-electron chi connectivity index (χ2n) is 4.43. The van der Waals surface area contributed by atoms with Crippen molar-refractivity contribution in [2.24, 2.45) is 0 Å². The van der Waals surface area contributed by atoms with E-state index < -0.39 is 5.91 Å². The molecule has 0 unspecified atom stereocenters. The molecule has 3 aromatic rings. The first-order valence-corrected chi connectivity index (χ1v) is 7.45. The molecular weight excluding hydrogens is 326 g/mol. The smallest absolute Gasteiger partial charge is 0.293 e. The van der Waals surface area contributed by atoms with Gasteiger partial charge in [0.15, 0.2) is 16.8 Å². The number of carbonyl (C=O) groups excluding carboxylic acids is 2. The van der Waals surface area contributed by atoms with Crippen molar-refractivity contribution in [3.05, 3.63) is 41.1 Å². The molecule has 8 heteroatoms. The summed E-state index contributed by atoms with van der Waals surface area (Å²) in [5, 5.41) is 6.17. The Kier molecular flexibility index (Phi) is 3.82. The first kappa shape index (κ1) is 14.6. The normalized spacial score (nSPS) is 10.6. The number of aromatic nitrogens is 1. The van der Waals surface area contributed by atoms with Gasteiger partial charge in [-0.2, -0.15) is 0 Å². The summed E-state index contributed by atoms with van der Waals surface area (Å²) in [6.45, 7) is 1.36. The highest BCUT2D eigenvalue weighted by Gasteiger charge is 2.14. The molecule has 2 N–H and O–H groups in total.